The van der Waals surface area contributed by atoms with Gasteiger partial charge in [-0.1, -0.05) is 42.5 Å². The van der Waals surface area contributed by atoms with Crippen LogP contribution < -0.4 is 10.2 Å². The highest BCUT2D eigenvalue weighted by Crippen LogP contribution is 2.54. The number of nitrogens with zero attached hydrogens (tertiary/aromatic N) is 2. The van der Waals surface area contributed by atoms with Crippen LogP contribution in [0.2, 0.25) is 0 Å². The van der Waals surface area contributed by atoms with Crippen molar-refractivity contribution < 1.29 is 33.8 Å². The summed E-state index contributed by atoms with van der Waals surface area (Å²) in [7, 11) is 0. The van der Waals surface area contributed by atoms with E-state index in [9.17, 15) is 24.3 Å². The van der Waals surface area contributed by atoms with E-state index >= 15 is 0 Å². The molecule has 0 aliphatic carbocycles. The molecule has 1 aromatic rings. The lowest BCUT2D eigenvalue weighted by molar-refractivity contribution is -0.159. The molecule has 0 radical (unpaired) electrons. The fourth-order valence-corrected chi connectivity index (χ4v) is 6.60. The van der Waals surface area contributed by atoms with Gasteiger partial charge in [0, 0.05) is 18.7 Å². The molecule has 2 fully saturated rings. The third-order valence-electron chi connectivity index (χ3n) is 8.42. The second-order valence-corrected chi connectivity index (χ2v) is 11.2. The zero-order valence-corrected chi connectivity index (χ0v) is 23.3. The lowest BCUT2D eigenvalue weighted by Crippen LogP contribution is -2.58. The Kier molecular flexibility index (Phi) is 7.58. The van der Waals surface area contributed by atoms with Crippen LogP contribution >= 0.6 is 0 Å². The predicted molar refractivity (Wildman–Crippen MR) is 146 cm³/mol. The number of ether oxygens (including phenoxy) is 2. The molecule has 0 saturated carbocycles. The normalized spacial score (nSPS) is 34.1. The van der Waals surface area contributed by atoms with Crippen molar-refractivity contribution in [2.45, 2.75) is 70.4 Å². The largest absolute Gasteiger partial charge is 0.460 e. The van der Waals surface area contributed by atoms with Gasteiger partial charge in [-0.15, -0.1) is 0 Å². The molecule has 1 aromatic carbocycles. The van der Waals surface area contributed by atoms with E-state index in [-0.39, 0.29) is 37.9 Å². The zero-order chi connectivity index (χ0) is 28.8. The van der Waals surface area contributed by atoms with E-state index in [4.69, 9.17) is 9.47 Å². The van der Waals surface area contributed by atoms with Gasteiger partial charge in [0.2, 0.25) is 11.8 Å². The number of nitrogens with one attached hydrogen (secondary N) is 1. The van der Waals surface area contributed by atoms with Gasteiger partial charge in [0.05, 0.1) is 31.2 Å². The van der Waals surface area contributed by atoms with Crippen LogP contribution in [0.5, 0.6) is 0 Å². The molecule has 10 heteroatoms. The number of esters is 1. The van der Waals surface area contributed by atoms with Gasteiger partial charge >= 0.3 is 5.97 Å². The number of cyclic esters (lactones) is 1. The summed E-state index contributed by atoms with van der Waals surface area (Å²) in [6, 6.07) is 4.00. The molecule has 7 atom stereocenters. The number of para-hydroxylation sites is 1. The van der Waals surface area contributed by atoms with Gasteiger partial charge in [-0.25, -0.2) is 0 Å². The first-order valence-electron chi connectivity index (χ1n) is 13.9. The summed E-state index contributed by atoms with van der Waals surface area (Å²) in [6.45, 7) is 7.27. The third kappa shape index (κ3) is 4.53. The molecule has 1 spiro atoms. The quantitative estimate of drug-likeness (QED) is 0.432. The lowest BCUT2D eigenvalue weighted by Gasteiger charge is -2.38. The van der Waals surface area contributed by atoms with E-state index in [1.807, 2.05) is 38.1 Å². The molecule has 4 aliphatic rings. The fraction of sp³-hybridized carbons (Fsp3) is 0.533. The number of aryl methyl sites for hydroxylation is 2. The summed E-state index contributed by atoms with van der Waals surface area (Å²) in [5.74, 6) is -3.59. The number of allylic oxidation sites excluding steroid dienone is 1. The minimum atomic E-state index is -1.45. The van der Waals surface area contributed by atoms with Gasteiger partial charge in [0.1, 0.15) is 23.7 Å². The van der Waals surface area contributed by atoms with Crippen molar-refractivity contribution in [1.29, 1.82) is 0 Å². The van der Waals surface area contributed by atoms with E-state index in [1.165, 1.54) is 4.90 Å². The Morgan fingerprint density at radius 3 is 2.55 bits per heavy atom. The molecule has 0 aromatic heterocycles. The van der Waals surface area contributed by atoms with E-state index in [0.29, 0.717) is 6.42 Å². The molecule has 0 unspecified atom stereocenters. The molecule has 2 N–H and O–H groups in total. The standard InChI is InChI=1S/C30H37N3O7/c1-17-9-7-10-18(2)25(17)32-14-8-13-30-24(27(36)33(19(3)16-34)26(30)28(32)37)23-21(40-30)11-5-6-12-22(35)31-15-20(4)39-29(23)38/h5,7-11,13,19-21,23-24,26,34H,6,12,14-16H2,1-4H3,(H,31,35)/b11-5-/t19-,20-,21-,23+,24+,26-,30+/m1/s1. The van der Waals surface area contributed by atoms with Crippen LogP contribution in [-0.2, 0) is 28.7 Å². The first-order chi connectivity index (χ1) is 19.1. The van der Waals surface area contributed by atoms with Crippen molar-refractivity contribution in [3.63, 3.8) is 0 Å². The van der Waals surface area contributed by atoms with E-state index in [0.717, 1.165) is 16.8 Å². The van der Waals surface area contributed by atoms with Crippen LogP contribution in [0.4, 0.5) is 5.69 Å². The predicted octanol–water partition coefficient (Wildman–Crippen LogP) is 1.57. The van der Waals surface area contributed by atoms with Gasteiger partial charge < -0.3 is 29.7 Å². The average Bonchev–Trinajstić information content (AvgIpc) is 3.31. The molecule has 5 rings (SSSR count). The Morgan fingerprint density at radius 1 is 1.12 bits per heavy atom. The molecule has 214 valence electrons. The number of likely N-dealkylation sites (tertiary alicyclic amines) is 1. The average molecular weight is 552 g/mol. The number of carbonyl (C=O) groups excluding carboxylic acids is 4. The van der Waals surface area contributed by atoms with E-state index in [2.05, 4.69) is 5.32 Å². The van der Waals surface area contributed by atoms with Gasteiger partial charge in [-0.05, 0) is 45.2 Å². The Hall–Kier alpha value is -3.50. The Labute approximate surface area is 234 Å². The molecule has 10 nitrogen and oxygen atoms in total. The van der Waals surface area contributed by atoms with Crippen molar-refractivity contribution in [1.82, 2.24) is 10.2 Å². The maximum Gasteiger partial charge on any atom is 0.313 e. The van der Waals surface area contributed by atoms with Crippen LogP contribution in [0.15, 0.2) is 42.5 Å². The topological polar surface area (TPSA) is 125 Å². The maximum absolute atomic E-state index is 14.5. The summed E-state index contributed by atoms with van der Waals surface area (Å²) in [6.07, 6.45) is 6.29. The Balaban J connectivity index is 1.62. The van der Waals surface area contributed by atoms with Crippen molar-refractivity contribution in [3.05, 3.63) is 53.6 Å². The molecule has 2 saturated heterocycles. The second-order valence-electron chi connectivity index (χ2n) is 11.2. The second kappa shape index (κ2) is 10.8. The van der Waals surface area contributed by atoms with Gasteiger partial charge in [0.25, 0.3) is 5.91 Å². The minimum absolute atomic E-state index is 0.149. The van der Waals surface area contributed by atoms with Crippen LogP contribution in [0, 0.1) is 25.7 Å². The minimum Gasteiger partial charge on any atom is -0.460 e. The molecule has 0 bridgehead atoms. The molecule has 40 heavy (non-hydrogen) atoms. The molecule has 3 amide bonds. The number of hydrogen-bond acceptors (Lipinski definition) is 7. The number of aliphatic hydroxyl groups is 1. The molecular formula is C30H37N3O7. The van der Waals surface area contributed by atoms with Crippen LogP contribution in [0.25, 0.3) is 0 Å². The summed E-state index contributed by atoms with van der Waals surface area (Å²) in [4.78, 5) is 57.6. The van der Waals surface area contributed by atoms with Gasteiger partial charge in [-0.3, -0.25) is 19.2 Å². The summed E-state index contributed by atoms with van der Waals surface area (Å²) < 4.78 is 12.4. The first kappa shape index (κ1) is 28.0. The van der Waals surface area contributed by atoms with Crippen molar-refractivity contribution in [2.75, 3.05) is 24.6 Å². The highest BCUT2D eigenvalue weighted by molar-refractivity contribution is 6.06. The Morgan fingerprint density at radius 2 is 1.85 bits per heavy atom. The third-order valence-corrected chi connectivity index (χ3v) is 8.42. The summed E-state index contributed by atoms with van der Waals surface area (Å²) in [5, 5.41) is 12.9. The van der Waals surface area contributed by atoms with E-state index in [1.54, 1.807) is 37.0 Å². The monoisotopic (exact) mass is 551 g/mol. The van der Waals surface area contributed by atoms with Crippen molar-refractivity contribution in [2.24, 2.45) is 11.8 Å². The van der Waals surface area contributed by atoms with Gasteiger partial charge in [-0.2, -0.15) is 0 Å². The number of anilines is 1. The Bertz CT molecular complexity index is 1260. The molecule has 4 aliphatic heterocycles. The van der Waals surface area contributed by atoms with Crippen LogP contribution in [-0.4, -0.2) is 83.3 Å². The van der Waals surface area contributed by atoms with Gasteiger partial charge in [0.15, 0.2) is 0 Å². The number of hydrogen-bond donors (Lipinski definition) is 2. The van der Waals surface area contributed by atoms with E-state index < -0.39 is 53.6 Å². The number of rotatable bonds is 3. The lowest BCUT2D eigenvalue weighted by atomic mass is 9.78. The van der Waals surface area contributed by atoms with Crippen LogP contribution in [0.3, 0.4) is 0 Å². The van der Waals surface area contributed by atoms with Crippen molar-refractivity contribution >= 4 is 29.4 Å². The zero-order valence-electron chi connectivity index (χ0n) is 23.3. The summed E-state index contributed by atoms with van der Waals surface area (Å²) >= 11 is 0. The van der Waals surface area contributed by atoms with Crippen LogP contribution in [0.1, 0.15) is 37.8 Å². The number of amides is 3. The SMILES string of the molecule is Cc1cccc(C)c1N1CC=C[C@]23O[C@@H]4/C=C\CCC(=O)NC[C@@H](C)OC(=O)[C@@H]4[C@H]2C(=O)N([C@H](C)CO)[C@@H]3C1=O. The summed E-state index contributed by atoms with van der Waals surface area (Å²) in [5.41, 5.74) is 1.14. The number of carbonyl (C=O) groups is 4. The number of aliphatic hydroxyl groups excluding tert-OH is 1. The fourth-order valence-electron chi connectivity index (χ4n) is 6.60. The van der Waals surface area contributed by atoms with Crippen molar-refractivity contribution in [3.8, 4) is 0 Å². The first-order valence-corrected chi connectivity index (χ1v) is 13.9. The number of fused-ring (bicyclic) bond motifs is 2. The highest BCUT2D eigenvalue weighted by Gasteiger charge is 2.72. The highest BCUT2D eigenvalue weighted by atomic mass is 16.6. The number of benzene rings is 1. The molecule has 4 heterocycles. The smallest absolute Gasteiger partial charge is 0.313 e. The molecular weight excluding hydrogens is 514 g/mol. The maximum atomic E-state index is 14.5.